The van der Waals surface area contributed by atoms with E-state index in [-0.39, 0.29) is 18.4 Å². The summed E-state index contributed by atoms with van der Waals surface area (Å²) in [6.07, 6.45) is 0. The van der Waals surface area contributed by atoms with Gasteiger partial charge in [-0.05, 0) is 48.5 Å². The lowest BCUT2D eigenvalue weighted by Gasteiger charge is -2.11. The van der Waals surface area contributed by atoms with Crippen LogP contribution in [0, 0.1) is 0 Å². The van der Waals surface area contributed by atoms with E-state index in [1.165, 1.54) is 13.1 Å². The molecule has 9 heteroatoms. The fourth-order valence-electron chi connectivity index (χ4n) is 2.75. The number of nitrogens with one attached hydrogen (secondary N) is 3. The number of anilines is 1. The Morgan fingerprint density at radius 2 is 1.70 bits per heavy atom. The van der Waals surface area contributed by atoms with E-state index in [4.69, 9.17) is 39.2 Å². The molecule has 3 N–H and O–H groups in total. The molecule has 0 bridgehead atoms. The molecule has 6 nitrogen and oxygen atoms in total. The maximum Gasteiger partial charge on any atom is 0.253 e. The lowest BCUT2D eigenvalue weighted by atomic mass is 10.1. The number of furan rings is 1. The van der Waals surface area contributed by atoms with Crippen molar-refractivity contribution in [3.05, 3.63) is 74.9 Å². The van der Waals surface area contributed by atoms with Crippen molar-refractivity contribution in [2.45, 2.75) is 6.54 Å². The van der Waals surface area contributed by atoms with Crippen molar-refractivity contribution in [2.75, 3.05) is 18.9 Å². The van der Waals surface area contributed by atoms with E-state index in [2.05, 4.69) is 16.0 Å². The molecule has 0 spiro atoms. The van der Waals surface area contributed by atoms with Crippen LogP contribution in [0.15, 0.2) is 52.9 Å². The zero-order valence-corrected chi connectivity index (χ0v) is 18.2. The number of carbonyl (C=O) groups is 2. The number of halogens is 3. The van der Waals surface area contributed by atoms with Gasteiger partial charge >= 0.3 is 0 Å². The second kappa shape index (κ2) is 10.00. The SMILES string of the molecule is CNC(=O)c1ccc(Cl)cc1NC(=O)CNCc1ccc(-c2cc(Cl)ccc2Cl)o1. The zero-order chi connectivity index (χ0) is 21.7. The summed E-state index contributed by atoms with van der Waals surface area (Å²) in [7, 11) is 1.51. The molecule has 1 aromatic heterocycles. The largest absolute Gasteiger partial charge is 0.460 e. The Kier molecular flexibility index (Phi) is 7.39. The summed E-state index contributed by atoms with van der Waals surface area (Å²) in [5, 5.41) is 9.70. The van der Waals surface area contributed by atoms with Crippen molar-refractivity contribution in [1.29, 1.82) is 0 Å². The molecule has 30 heavy (non-hydrogen) atoms. The Balaban J connectivity index is 1.58. The highest BCUT2D eigenvalue weighted by Crippen LogP contribution is 2.31. The molecule has 0 aliphatic heterocycles. The lowest BCUT2D eigenvalue weighted by molar-refractivity contribution is -0.115. The quantitative estimate of drug-likeness (QED) is 0.458. The van der Waals surface area contributed by atoms with Crippen molar-refractivity contribution < 1.29 is 14.0 Å². The Morgan fingerprint density at radius 1 is 0.967 bits per heavy atom. The van der Waals surface area contributed by atoms with Gasteiger partial charge in [0.25, 0.3) is 5.91 Å². The Hall–Kier alpha value is -2.51. The maximum absolute atomic E-state index is 12.3. The second-order valence-corrected chi connectivity index (χ2v) is 7.59. The highest BCUT2D eigenvalue weighted by atomic mass is 35.5. The number of carbonyl (C=O) groups excluding carboxylic acids is 2. The van der Waals surface area contributed by atoms with Crippen LogP contribution in [0.1, 0.15) is 16.1 Å². The second-order valence-electron chi connectivity index (χ2n) is 6.31. The van der Waals surface area contributed by atoms with Crippen molar-refractivity contribution in [3.8, 4) is 11.3 Å². The highest BCUT2D eigenvalue weighted by Gasteiger charge is 2.14. The normalized spacial score (nSPS) is 10.7. The number of hydrogen-bond acceptors (Lipinski definition) is 4. The first kappa shape index (κ1) is 22.2. The third-order valence-corrected chi connectivity index (χ3v) is 4.97. The fourth-order valence-corrected chi connectivity index (χ4v) is 3.31. The molecule has 0 fully saturated rings. The molecule has 0 saturated heterocycles. The van der Waals surface area contributed by atoms with Crippen molar-refractivity contribution in [3.63, 3.8) is 0 Å². The van der Waals surface area contributed by atoms with Crippen LogP contribution in [-0.4, -0.2) is 25.4 Å². The van der Waals surface area contributed by atoms with Crippen LogP contribution in [0.2, 0.25) is 15.1 Å². The van der Waals surface area contributed by atoms with Crippen LogP contribution in [0.5, 0.6) is 0 Å². The van der Waals surface area contributed by atoms with E-state index >= 15 is 0 Å². The van der Waals surface area contributed by atoms with Gasteiger partial charge in [0.05, 0.1) is 29.4 Å². The minimum Gasteiger partial charge on any atom is -0.460 e. The Labute approximate surface area is 188 Å². The van der Waals surface area contributed by atoms with Crippen LogP contribution >= 0.6 is 34.8 Å². The molecule has 0 unspecified atom stereocenters. The molecule has 0 aliphatic rings. The number of benzene rings is 2. The van der Waals surface area contributed by atoms with E-state index < -0.39 is 0 Å². The molecule has 1 heterocycles. The van der Waals surface area contributed by atoms with E-state index in [1.807, 2.05) is 0 Å². The topological polar surface area (TPSA) is 83.4 Å². The highest BCUT2D eigenvalue weighted by molar-refractivity contribution is 6.35. The molecule has 156 valence electrons. The van der Waals surface area contributed by atoms with Gasteiger partial charge in [-0.2, -0.15) is 0 Å². The molecule has 0 saturated carbocycles. The van der Waals surface area contributed by atoms with Crippen molar-refractivity contribution >= 4 is 52.3 Å². The van der Waals surface area contributed by atoms with Gasteiger partial charge in [-0.1, -0.05) is 34.8 Å². The van der Waals surface area contributed by atoms with Crippen LogP contribution < -0.4 is 16.0 Å². The van der Waals surface area contributed by atoms with E-state index in [0.29, 0.717) is 49.9 Å². The molecule has 0 aliphatic carbocycles. The van der Waals surface area contributed by atoms with Gasteiger partial charge in [0, 0.05) is 22.7 Å². The summed E-state index contributed by atoms with van der Waals surface area (Å²) < 4.78 is 5.78. The minimum atomic E-state index is -0.327. The average molecular weight is 467 g/mol. The predicted octanol–water partition coefficient (Wildman–Crippen LogP) is 4.99. The van der Waals surface area contributed by atoms with E-state index in [1.54, 1.807) is 42.5 Å². The first-order valence-electron chi connectivity index (χ1n) is 8.93. The van der Waals surface area contributed by atoms with Crippen LogP contribution in [0.25, 0.3) is 11.3 Å². The van der Waals surface area contributed by atoms with E-state index in [9.17, 15) is 9.59 Å². The van der Waals surface area contributed by atoms with Crippen LogP contribution in [0.3, 0.4) is 0 Å². The molecule has 0 atom stereocenters. The standard InChI is InChI=1S/C21H18Cl3N3O3/c1-25-21(29)15-5-2-13(23)9-18(15)27-20(28)11-26-10-14-4-7-19(30-14)16-8-12(22)3-6-17(16)24/h2-9,26H,10-11H2,1H3,(H,25,29)(H,27,28). The minimum absolute atomic E-state index is 0.00759. The zero-order valence-electron chi connectivity index (χ0n) is 15.9. The smallest absolute Gasteiger partial charge is 0.253 e. The monoisotopic (exact) mass is 465 g/mol. The lowest BCUT2D eigenvalue weighted by Crippen LogP contribution is -2.29. The van der Waals surface area contributed by atoms with Gasteiger partial charge < -0.3 is 20.4 Å². The van der Waals surface area contributed by atoms with Gasteiger partial charge in [0.15, 0.2) is 0 Å². The summed E-state index contributed by atoms with van der Waals surface area (Å²) in [4.78, 5) is 24.2. The predicted molar refractivity (Wildman–Crippen MR) is 119 cm³/mol. The molecule has 3 aromatic rings. The number of hydrogen-bond donors (Lipinski definition) is 3. The van der Waals surface area contributed by atoms with Gasteiger partial charge in [0.2, 0.25) is 5.91 Å². The molecule has 0 radical (unpaired) electrons. The van der Waals surface area contributed by atoms with Crippen molar-refractivity contribution in [2.24, 2.45) is 0 Å². The Morgan fingerprint density at radius 3 is 2.47 bits per heavy atom. The molecular weight excluding hydrogens is 449 g/mol. The number of amides is 2. The summed E-state index contributed by atoms with van der Waals surface area (Å²) in [5.74, 6) is 0.561. The van der Waals surface area contributed by atoms with Crippen LogP contribution in [0.4, 0.5) is 5.69 Å². The van der Waals surface area contributed by atoms with Gasteiger partial charge in [-0.15, -0.1) is 0 Å². The van der Waals surface area contributed by atoms with E-state index in [0.717, 1.165) is 0 Å². The Bertz CT molecular complexity index is 1080. The van der Waals surface area contributed by atoms with Crippen LogP contribution in [-0.2, 0) is 11.3 Å². The third-order valence-electron chi connectivity index (χ3n) is 4.17. The summed E-state index contributed by atoms with van der Waals surface area (Å²) in [6.45, 7) is 0.330. The molecule has 2 aromatic carbocycles. The third kappa shape index (κ3) is 5.55. The molecular formula is C21H18Cl3N3O3. The van der Waals surface area contributed by atoms with Crippen molar-refractivity contribution in [1.82, 2.24) is 10.6 Å². The number of rotatable bonds is 7. The average Bonchev–Trinajstić information content (AvgIpc) is 3.18. The summed E-state index contributed by atoms with van der Waals surface area (Å²) >= 11 is 18.2. The molecule has 2 amide bonds. The first-order chi connectivity index (χ1) is 14.4. The maximum atomic E-state index is 12.3. The summed E-state index contributed by atoms with van der Waals surface area (Å²) in [5.41, 5.74) is 1.35. The molecule has 3 rings (SSSR count). The van der Waals surface area contributed by atoms with Gasteiger partial charge in [0.1, 0.15) is 11.5 Å². The fraction of sp³-hybridized carbons (Fsp3) is 0.143. The first-order valence-corrected chi connectivity index (χ1v) is 10.1. The van der Waals surface area contributed by atoms with Gasteiger partial charge in [-0.3, -0.25) is 9.59 Å². The summed E-state index contributed by atoms with van der Waals surface area (Å²) in [6, 6.07) is 13.4. The van der Waals surface area contributed by atoms with Gasteiger partial charge in [-0.25, -0.2) is 0 Å².